The number of piperidine rings is 1. The predicted octanol–water partition coefficient (Wildman–Crippen LogP) is 1.52. The lowest BCUT2D eigenvalue weighted by atomic mass is 9.81. The second kappa shape index (κ2) is 7.09. The van der Waals surface area contributed by atoms with Crippen molar-refractivity contribution < 1.29 is 4.79 Å². The van der Waals surface area contributed by atoms with E-state index in [1.54, 1.807) is 10.9 Å². The molecule has 1 aromatic heterocycles. The Morgan fingerprint density at radius 3 is 2.75 bits per heavy atom. The fraction of sp³-hybridized carbons (Fsp3) is 0.714. The summed E-state index contributed by atoms with van der Waals surface area (Å²) in [6.45, 7) is 7.09. The van der Waals surface area contributed by atoms with Crippen molar-refractivity contribution in [2.24, 2.45) is 12.5 Å². The van der Waals surface area contributed by atoms with Gasteiger partial charge in [0, 0.05) is 19.8 Å². The number of nitrogens with one attached hydrogen (secondary N) is 2. The number of nitrogens with zero attached hydrogens (tertiary/aromatic N) is 2. The number of hydrogen-bond donors (Lipinski definition) is 2. The Hall–Kier alpha value is -1.07. The van der Waals surface area contributed by atoms with Gasteiger partial charge in [0.05, 0.1) is 11.3 Å². The number of aryl methyl sites for hydroxylation is 2. The number of carbonyl (C=O) groups excluding carboxylic acids is 1. The number of aromatic nitrogens is 2. The molecule has 0 aromatic carbocycles. The predicted molar refractivity (Wildman–Crippen MR) is 82.4 cm³/mol. The summed E-state index contributed by atoms with van der Waals surface area (Å²) in [4.78, 5) is 12.2. The highest BCUT2D eigenvalue weighted by atomic mass is 35.5. The van der Waals surface area contributed by atoms with Crippen molar-refractivity contribution in [3.05, 3.63) is 17.5 Å². The zero-order chi connectivity index (χ0) is 13.9. The molecule has 1 aromatic rings. The molecule has 2 heterocycles. The van der Waals surface area contributed by atoms with Crippen molar-refractivity contribution >= 4 is 18.3 Å². The zero-order valence-electron chi connectivity index (χ0n) is 12.5. The Morgan fingerprint density at radius 1 is 1.50 bits per heavy atom. The largest absolute Gasteiger partial charge is 0.351 e. The molecule has 1 aliphatic heterocycles. The second-order valence-corrected chi connectivity index (χ2v) is 5.76. The van der Waals surface area contributed by atoms with Crippen LogP contribution in [-0.4, -0.2) is 35.3 Å². The van der Waals surface area contributed by atoms with Gasteiger partial charge in [-0.25, -0.2) is 0 Å². The van der Waals surface area contributed by atoms with Gasteiger partial charge in [0.25, 0.3) is 5.91 Å². The van der Waals surface area contributed by atoms with E-state index >= 15 is 0 Å². The van der Waals surface area contributed by atoms with Crippen molar-refractivity contribution in [2.45, 2.75) is 33.1 Å². The van der Waals surface area contributed by atoms with E-state index in [1.807, 2.05) is 14.0 Å². The molecule has 1 aliphatic rings. The molecule has 0 unspecified atom stereocenters. The standard InChI is InChI=1S/C14H24N4O.ClH/c1-4-12-11(9-18(3)17-12)13(19)16-10-14(2)5-7-15-8-6-14;/h9,15H,4-8,10H2,1-3H3,(H,16,19);1H. The minimum absolute atomic E-state index is 0. The number of rotatable bonds is 4. The summed E-state index contributed by atoms with van der Waals surface area (Å²) in [5.74, 6) is 0.00436. The molecule has 1 saturated heterocycles. The molecule has 2 rings (SSSR count). The molecule has 1 fully saturated rings. The average Bonchev–Trinajstić information content (AvgIpc) is 2.78. The minimum atomic E-state index is 0. The lowest BCUT2D eigenvalue weighted by molar-refractivity contribution is 0.0921. The highest BCUT2D eigenvalue weighted by Crippen LogP contribution is 2.26. The Morgan fingerprint density at radius 2 is 2.15 bits per heavy atom. The van der Waals surface area contributed by atoms with E-state index in [9.17, 15) is 4.79 Å². The van der Waals surface area contributed by atoms with E-state index < -0.39 is 0 Å². The topological polar surface area (TPSA) is 59.0 Å². The monoisotopic (exact) mass is 300 g/mol. The van der Waals surface area contributed by atoms with Crippen LogP contribution in [-0.2, 0) is 13.5 Å². The van der Waals surface area contributed by atoms with Gasteiger partial charge in [-0.05, 0) is 37.8 Å². The summed E-state index contributed by atoms with van der Waals surface area (Å²) in [5, 5.41) is 10.7. The Balaban J connectivity index is 0.00000200. The summed E-state index contributed by atoms with van der Waals surface area (Å²) >= 11 is 0. The molecule has 0 saturated carbocycles. The van der Waals surface area contributed by atoms with Gasteiger partial charge in [0.2, 0.25) is 0 Å². The maximum atomic E-state index is 12.2. The number of halogens is 1. The van der Waals surface area contributed by atoms with Crippen LogP contribution in [0.4, 0.5) is 0 Å². The first-order chi connectivity index (χ1) is 9.04. The summed E-state index contributed by atoms with van der Waals surface area (Å²) in [6, 6.07) is 0. The van der Waals surface area contributed by atoms with Crippen LogP contribution in [0.1, 0.15) is 42.7 Å². The van der Waals surface area contributed by atoms with Crippen LogP contribution in [0.3, 0.4) is 0 Å². The van der Waals surface area contributed by atoms with Gasteiger partial charge in [-0.15, -0.1) is 12.4 Å². The van der Waals surface area contributed by atoms with Crippen LogP contribution >= 0.6 is 12.4 Å². The summed E-state index contributed by atoms with van der Waals surface area (Å²) in [5.41, 5.74) is 1.80. The molecular formula is C14H25ClN4O. The van der Waals surface area contributed by atoms with Gasteiger partial charge in [0.15, 0.2) is 0 Å². The molecule has 2 N–H and O–H groups in total. The SMILES string of the molecule is CCc1nn(C)cc1C(=O)NCC1(C)CCNCC1.Cl. The van der Waals surface area contributed by atoms with E-state index in [4.69, 9.17) is 0 Å². The van der Waals surface area contributed by atoms with E-state index in [2.05, 4.69) is 22.7 Å². The second-order valence-electron chi connectivity index (χ2n) is 5.76. The van der Waals surface area contributed by atoms with Gasteiger partial charge in [-0.3, -0.25) is 9.48 Å². The first kappa shape index (κ1) is 17.0. The lowest BCUT2D eigenvalue weighted by Gasteiger charge is -2.34. The maximum absolute atomic E-state index is 12.2. The fourth-order valence-electron chi connectivity index (χ4n) is 2.58. The van der Waals surface area contributed by atoms with Gasteiger partial charge in [-0.2, -0.15) is 5.10 Å². The summed E-state index contributed by atoms with van der Waals surface area (Å²) in [7, 11) is 1.85. The Kier molecular flexibility index (Phi) is 6.02. The fourth-order valence-corrected chi connectivity index (χ4v) is 2.58. The van der Waals surface area contributed by atoms with Crippen LogP contribution in [0, 0.1) is 5.41 Å². The van der Waals surface area contributed by atoms with Crippen LogP contribution in [0.15, 0.2) is 6.20 Å². The van der Waals surface area contributed by atoms with Crippen LogP contribution in [0.5, 0.6) is 0 Å². The van der Waals surface area contributed by atoms with Crippen LogP contribution < -0.4 is 10.6 Å². The van der Waals surface area contributed by atoms with Crippen molar-refractivity contribution in [3.63, 3.8) is 0 Å². The average molecular weight is 301 g/mol. The van der Waals surface area contributed by atoms with Gasteiger partial charge < -0.3 is 10.6 Å². The molecule has 20 heavy (non-hydrogen) atoms. The molecule has 0 bridgehead atoms. The normalized spacial score (nSPS) is 17.4. The highest BCUT2D eigenvalue weighted by molar-refractivity contribution is 5.95. The summed E-state index contributed by atoms with van der Waals surface area (Å²) < 4.78 is 1.71. The lowest BCUT2D eigenvalue weighted by Crippen LogP contribution is -2.43. The molecule has 5 nitrogen and oxygen atoms in total. The first-order valence-corrected chi connectivity index (χ1v) is 7.05. The van der Waals surface area contributed by atoms with Crippen molar-refractivity contribution in [3.8, 4) is 0 Å². The van der Waals surface area contributed by atoms with Gasteiger partial charge in [0.1, 0.15) is 0 Å². The highest BCUT2D eigenvalue weighted by Gasteiger charge is 2.27. The molecule has 0 aliphatic carbocycles. The van der Waals surface area contributed by atoms with Crippen LogP contribution in [0.2, 0.25) is 0 Å². The third kappa shape index (κ3) is 3.96. The minimum Gasteiger partial charge on any atom is -0.351 e. The van der Waals surface area contributed by atoms with E-state index in [0.717, 1.165) is 44.6 Å². The van der Waals surface area contributed by atoms with E-state index in [1.165, 1.54) is 0 Å². The van der Waals surface area contributed by atoms with Crippen molar-refractivity contribution in [1.29, 1.82) is 0 Å². The molecule has 0 atom stereocenters. The quantitative estimate of drug-likeness (QED) is 0.886. The Bertz CT molecular complexity index is 452. The zero-order valence-corrected chi connectivity index (χ0v) is 13.3. The first-order valence-electron chi connectivity index (χ1n) is 7.05. The van der Waals surface area contributed by atoms with Crippen molar-refractivity contribution in [2.75, 3.05) is 19.6 Å². The molecule has 1 amide bonds. The molecule has 0 radical (unpaired) electrons. The number of hydrogen-bond acceptors (Lipinski definition) is 3. The van der Waals surface area contributed by atoms with E-state index in [0.29, 0.717) is 5.56 Å². The molecule has 114 valence electrons. The van der Waals surface area contributed by atoms with Crippen molar-refractivity contribution in [1.82, 2.24) is 20.4 Å². The molecule has 6 heteroatoms. The Labute approximate surface area is 126 Å². The third-order valence-corrected chi connectivity index (χ3v) is 3.97. The third-order valence-electron chi connectivity index (χ3n) is 3.97. The van der Waals surface area contributed by atoms with Gasteiger partial charge >= 0.3 is 0 Å². The molecule has 0 spiro atoms. The van der Waals surface area contributed by atoms with Gasteiger partial charge in [-0.1, -0.05) is 13.8 Å². The van der Waals surface area contributed by atoms with E-state index in [-0.39, 0.29) is 23.7 Å². The maximum Gasteiger partial charge on any atom is 0.254 e. The summed E-state index contributed by atoms with van der Waals surface area (Å²) in [6.07, 6.45) is 4.81. The smallest absolute Gasteiger partial charge is 0.254 e. The number of carbonyl (C=O) groups is 1. The number of amides is 1. The molecular weight excluding hydrogens is 276 g/mol. The van der Waals surface area contributed by atoms with Crippen LogP contribution in [0.25, 0.3) is 0 Å².